The van der Waals surface area contributed by atoms with Crippen LogP contribution >= 0.6 is 0 Å². The molecule has 19 heavy (non-hydrogen) atoms. The highest BCUT2D eigenvalue weighted by Crippen LogP contribution is 2.24. The van der Waals surface area contributed by atoms with Gasteiger partial charge in [-0.1, -0.05) is 19.4 Å². The molecule has 0 fully saturated rings. The summed E-state index contributed by atoms with van der Waals surface area (Å²) in [6.07, 6.45) is 1.61. The summed E-state index contributed by atoms with van der Waals surface area (Å²) < 4.78 is 5.79. The fraction of sp³-hybridized carbons (Fsp3) is 0.562. The standard InChI is InChI=1S/C16H25NO2/c1-6-7-8-17-16(18)14(5)19-15-10-11(2)9-12(3)13(15)4/h9-10,14H,6-8H2,1-5H3,(H,17,18). The average Bonchev–Trinajstić information content (AvgIpc) is 2.35. The lowest BCUT2D eigenvalue weighted by Crippen LogP contribution is -2.36. The van der Waals surface area contributed by atoms with E-state index in [4.69, 9.17) is 4.74 Å². The van der Waals surface area contributed by atoms with Crippen LogP contribution in [-0.2, 0) is 4.79 Å². The van der Waals surface area contributed by atoms with E-state index < -0.39 is 6.10 Å². The van der Waals surface area contributed by atoms with E-state index in [1.54, 1.807) is 6.92 Å². The van der Waals surface area contributed by atoms with Crippen LogP contribution in [0.5, 0.6) is 5.75 Å². The van der Waals surface area contributed by atoms with Crippen molar-refractivity contribution in [2.24, 2.45) is 0 Å². The van der Waals surface area contributed by atoms with Crippen molar-refractivity contribution < 1.29 is 9.53 Å². The van der Waals surface area contributed by atoms with Crippen molar-refractivity contribution in [1.82, 2.24) is 5.32 Å². The second-order valence-corrected chi connectivity index (χ2v) is 5.11. The first kappa shape index (κ1) is 15.5. The molecule has 3 heteroatoms. The molecule has 1 N–H and O–H groups in total. The van der Waals surface area contributed by atoms with Gasteiger partial charge in [-0.3, -0.25) is 4.79 Å². The number of hydrogen-bond donors (Lipinski definition) is 1. The maximum atomic E-state index is 11.9. The van der Waals surface area contributed by atoms with Crippen molar-refractivity contribution in [3.8, 4) is 5.75 Å². The van der Waals surface area contributed by atoms with Crippen LogP contribution < -0.4 is 10.1 Å². The van der Waals surface area contributed by atoms with Crippen molar-refractivity contribution in [2.45, 2.75) is 53.6 Å². The summed E-state index contributed by atoms with van der Waals surface area (Å²) in [5, 5.41) is 2.89. The van der Waals surface area contributed by atoms with Crippen molar-refractivity contribution >= 4 is 5.91 Å². The van der Waals surface area contributed by atoms with Gasteiger partial charge in [0, 0.05) is 6.54 Å². The lowest BCUT2D eigenvalue weighted by atomic mass is 10.1. The highest BCUT2D eigenvalue weighted by Gasteiger charge is 2.15. The Morgan fingerprint density at radius 1 is 1.32 bits per heavy atom. The lowest BCUT2D eigenvalue weighted by Gasteiger charge is -2.17. The lowest BCUT2D eigenvalue weighted by molar-refractivity contribution is -0.127. The summed E-state index contributed by atoms with van der Waals surface area (Å²) in [6.45, 7) is 10.7. The van der Waals surface area contributed by atoms with Crippen LogP contribution in [0.3, 0.4) is 0 Å². The van der Waals surface area contributed by atoms with Gasteiger partial charge in [-0.05, 0) is 56.9 Å². The molecule has 3 nitrogen and oxygen atoms in total. The van der Waals surface area contributed by atoms with E-state index in [1.807, 2.05) is 19.9 Å². The molecular formula is C16H25NO2. The van der Waals surface area contributed by atoms with Crippen molar-refractivity contribution in [3.05, 3.63) is 28.8 Å². The molecule has 0 aromatic heterocycles. The van der Waals surface area contributed by atoms with E-state index in [1.165, 1.54) is 5.56 Å². The summed E-state index contributed by atoms with van der Waals surface area (Å²) in [6, 6.07) is 4.10. The third-order valence-corrected chi connectivity index (χ3v) is 3.27. The summed E-state index contributed by atoms with van der Waals surface area (Å²) in [5.74, 6) is 0.752. The molecule has 1 rings (SSSR count). The van der Waals surface area contributed by atoms with E-state index in [2.05, 4.69) is 25.2 Å². The third-order valence-electron chi connectivity index (χ3n) is 3.27. The minimum Gasteiger partial charge on any atom is -0.481 e. The number of unbranched alkanes of at least 4 members (excludes halogenated alkanes) is 1. The first-order valence-electron chi connectivity index (χ1n) is 6.98. The smallest absolute Gasteiger partial charge is 0.260 e. The number of rotatable bonds is 6. The monoisotopic (exact) mass is 263 g/mol. The van der Waals surface area contributed by atoms with Crippen LogP contribution in [-0.4, -0.2) is 18.6 Å². The molecule has 106 valence electrons. The number of carbonyl (C=O) groups is 1. The minimum absolute atomic E-state index is 0.0491. The van der Waals surface area contributed by atoms with Crippen LogP contribution in [0.15, 0.2) is 12.1 Å². The zero-order valence-electron chi connectivity index (χ0n) is 12.7. The second-order valence-electron chi connectivity index (χ2n) is 5.11. The summed E-state index contributed by atoms with van der Waals surface area (Å²) in [4.78, 5) is 11.9. The van der Waals surface area contributed by atoms with Gasteiger partial charge in [0.15, 0.2) is 6.10 Å². The maximum absolute atomic E-state index is 11.9. The van der Waals surface area contributed by atoms with Crippen molar-refractivity contribution in [2.75, 3.05) is 6.54 Å². The Bertz CT molecular complexity index is 441. The Hall–Kier alpha value is -1.51. The molecule has 1 aromatic rings. The predicted octanol–water partition coefficient (Wildman–Crippen LogP) is 3.30. The quantitative estimate of drug-likeness (QED) is 0.800. The number of amides is 1. The van der Waals surface area contributed by atoms with Gasteiger partial charge in [0.2, 0.25) is 0 Å². The van der Waals surface area contributed by atoms with Gasteiger partial charge in [0.05, 0.1) is 0 Å². The second kappa shape index (κ2) is 7.17. The maximum Gasteiger partial charge on any atom is 0.260 e. The van der Waals surface area contributed by atoms with Gasteiger partial charge in [0.25, 0.3) is 5.91 Å². The molecule has 0 saturated heterocycles. The van der Waals surface area contributed by atoms with E-state index in [9.17, 15) is 4.79 Å². The van der Waals surface area contributed by atoms with Crippen LogP contribution in [0.2, 0.25) is 0 Å². The topological polar surface area (TPSA) is 38.3 Å². The molecule has 1 amide bonds. The number of ether oxygens (including phenoxy) is 1. The summed E-state index contributed by atoms with van der Waals surface area (Å²) in [7, 11) is 0. The van der Waals surface area contributed by atoms with E-state index >= 15 is 0 Å². The van der Waals surface area contributed by atoms with Gasteiger partial charge in [0.1, 0.15) is 5.75 Å². The Morgan fingerprint density at radius 2 is 2.00 bits per heavy atom. The highest BCUT2D eigenvalue weighted by molar-refractivity contribution is 5.80. The van der Waals surface area contributed by atoms with E-state index in [-0.39, 0.29) is 5.91 Å². The Balaban J connectivity index is 2.66. The van der Waals surface area contributed by atoms with Gasteiger partial charge >= 0.3 is 0 Å². The third kappa shape index (κ3) is 4.58. The average molecular weight is 263 g/mol. The zero-order chi connectivity index (χ0) is 14.4. The fourth-order valence-corrected chi connectivity index (χ4v) is 1.90. The van der Waals surface area contributed by atoms with Crippen LogP contribution in [0, 0.1) is 20.8 Å². The largest absolute Gasteiger partial charge is 0.481 e. The normalized spacial score (nSPS) is 12.1. The Morgan fingerprint density at radius 3 is 2.63 bits per heavy atom. The number of carbonyl (C=O) groups excluding carboxylic acids is 1. The molecule has 0 bridgehead atoms. The molecule has 0 saturated carbocycles. The van der Waals surface area contributed by atoms with Gasteiger partial charge in [-0.25, -0.2) is 0 Å². The first-order chi connectivity index (χ1) is 8.95. The van der Waals surface area contributed by atoms with Crippen LogP contribution in [0.4, 0.5) is 0 Å². The minimum atomic E-state index is -0.461. The molecule has 0 heterocycles. The van der Waals surface area contributed by atoms with E-state index in [0.717, 1.165) is 36.3 Å². The van der Waals surface area contributed by atoms with Crippen molar-refractivity contribution in [3.63, 3.8) is 0 Å². The Kier molecular flexibility index (Phi) is 5.87. The number of aryl methyl sites for hydroxylation is 2. The molecule has 0 spiro atoms. The molecule has 0 radical (unpaired) electrons. The fourth-order valence-electron chi connectivity index (χ4n) is 1.90. The molecule has 1 unspecified atom stereocenters. The predicted molar refractivity (Wildman–Crippen MR) is 78.7 cm³/mol. The van der Waals surface area contributed by atoms with Gasteiger partial charge in [-0.2, -0.15) is 0 Å². The molecule has 0 aliphatic heterocycles. The SMILES string of the molecule is CCCCNC(=O)C(C)Oc1cc(C)cc(C)c1C. The van der Waals surface area contributed by atoms with Gasteiger partial charge in [-0.15, -0.1) is 0 Å². The summed E-state index contributed by atoms with van der Waals surface area (Å²) in [5.41, 5.74) is 3.43. The first-order valence-corrected chi connectivity index (χ1v) is 6.98. The van der Waals surface area contributed by atoms with Gasteiger partial charge < -0.3 is 10.1 Å². The number of benzene rings is 1. The number of hydrogen-bond acceptors (Lipinski definition) is 2. The number of nitrogens with one attached hydrogen (secondary N) is 1. The molecular weight excluding hydrogens is 238 g/mol. The molecule has 0 aliphatic carbocycles. The Labute approximate surface area is 116 Å². The summed E-state index contributed by atoms with van der Waals surface area (Å²) >= 11 is 0. The molecule has 1 atom stereocenters. The zero-order valence-corrected chi connectivity index (χ0v) is 12.7. The van der Waals surface area contributed by atoms with Crippen LogP contribution in [0.1, 0.15) is 43.4 Å². The highest BCUT2D eigenvalue weighted by atomic mass is 16.5. The van der Waals surface area contributed by atoms with Crippen molar-refractivity contribution in [1.29, 1.82) is 0 Å². The van der Waals surface area contributed by atoms with E-state index in [0.29, 0.717) is 0 Å². The molecule has 1 aromatic carbocycles. The van der Waals surface area contributed by atoms with Crippen LogP contribution in [0.25, 0.3) is 0 Å². The molecule has 0 aliphatic rings.